The van der Waals surface area contributed by atoms with E-state index in [2.05, 4.69) is 14.9 Å². The van der Waals surface area contributed by atoms with Gasteiger partial charge in [0, 0.05) is 0 Å². The Labute approximate surface area is 110 Å². The molecule has 0 unspecified atom stereocenters. The summed E-state index contributed by atoms with van der Waals surface area (Å²) in [7, 11) is -0.624. The minimum absolute atomic E-state index is 0.111. The molecule has 1 fully saturated rings. The van der Waals surface area contributed by atoms with E-state index in [1.165, 1.54) is 6.07 Å². The molecule has 2 heterocycles. The van der Waals surface area contributed by atoms with Gasteiger partial charge in [-0.1, -0.05) is 0 Å². The number of benzene rings is 1. The second-order valence-electron chi connectivity index (χ2n) is 5.72. The fraction of sp³-hybridized carbons (Fsp3) is 0.500. The van der Waals surface area contributed by atoms with E-state index in [4.69, 9.17) is 9.31 Å². The molecule has 5 nitrogen and oxygen atoms in total. The minimum atomic E-state index is -0.624. The van der Waals surface area contributed by atoms with Crippen LogP contribution in [0.4, 0.5) is 4.39 Å². The predicted octanol–water partition coefficient (Wildman–Crippen LogP) is 1.66. The first-order valence-electron chi connectivity index (χ1n) is 6.07. The molecule has 1 aliphatic rings. The van der Waals surface area contributed by atoms with Gasteiger partial charge in [-0.25, -0.2) is 9.02 Å². The van der Waals surface area contributed by atoms with Crippen LogP contribution in [0.5, 0.6) is 0 Å². The van der Waals surface area contributed by atoms with Gasteiger partial charge in [0.1, 0.15) is 5.52 Å². The highest BCUT2D eigenvalue weighted by Gasteiger charge is 2.51. The highest BCUT2D eigenvalue weighted by atomic mass is 19.1. The summed E-state index contributed by atoms with van der Waals surface area (Å²) >= 11 is 0. The molecule has 2 aromatic rings. The lowest BCUT2D eigenvalue weighted by Crippen LogP contribution is -2.41. The van der Waals surface area contributed by atoms with Crippen LogP contribution in [0.15, 0.2) is 16.8 Å². The Hall–Kier alpha value is -1.47. The van der Waals surface area contributed by atoms with Crippen LogP contribution < -0.4 is 5.46 Å². The van der Waals surface area contributed by atoms with Crippen molar-refractivity contribution in [2.45, 2.75) is 38.9 Å². The first kappa shape index (κ1) is 12.6. The molecule has 0 atom stereocenters. The maximum atomic E-state index is 13.8. The number of halogens is 1. The summed E-state index contributed by atoms with van der Waals surface area (Å²) in [5.74, 6) is -0.497. The van der Waals surface area contributed by atoms with Crippen molar-refractivity contribution in [3.05, 3.63) is 17.9 Å². The van der Waals surface area contributed by atoms with E-state index in [1.807, 2.05) is 27.7 Å². The summed E-state index contributed by atoms with van der Waals surface area (Å²) in [5.41, 5.74) is 0.0976. The summed E-state index contributed by atoms with van der Waals surface area (Å²) in [4.78, 5) is 0. The van der Waals surface area contributed by atoms with E-state index in [9.17, 15) is 4.39 Å². The Balaban J connectivity index is 2.02. The standard InChI is InChI=1S/C12H14BFN2O3/c1-11(2)12(3,4)18-13(17-11)7-5-8(14)10-9(6-7)15-19-16-10/h5-6H,1-4H3. The number of nitrogens with zero attached hydrogens (tertiary/aromatic N) is 2. The molecule has 0 N–H and O–H groups in total. The fourth-order valence-electron chi connectivity index (χ4n) is 1.99. The molecule has 1 aromatic heterocycles. The van der Waals surface area contributed by atoms with Gasteiger partial charge in [0.15, 0.2) is 11.3 Å². The van der Waals surface area contributed by atoms with Crippen LogP contribution in [0.3, 0.4) is 0 Å². The zero-order valence-corrected chi connectivity index (χ0v) is 11.2. The van der Waals surface area contributed by atoms with Gasteiger partial charge < -0.3 is 9.31 Å². The quantitative estimate of drug-likeness (QED) is 0.733. The van der Waals surface area contributed by atoms with E-state index < -0.39 is 24.1 Å². The Morgan fingerprint density at radius 1 is 1.05 bits per heavy atom. The van der Waals surface area contributed by atoms with Gasteiger partial charge in [-0.15, -0.1) is 0 Å². The SMILES string of the molecule is CC1(C)OB(c2cc(F)c3nonc3c2)OC1(C)C. The van der Waals surface area contributed by atoms with Crippen molar-refractivity contribution in [2.75, 3.05) is 0 Å². The number of fused-ring (bicyclic) bond motifs is 1. The smallest absolute Gasteiger partial charge is 0.399 e. The third kappa shape index (κ3) is 1.84. The maximum absolute atomic E-state index is 13.8. The van der Waals surface area contributed by atoms with Crippen LogP contribution in [-0.4, -0.2) is 28.6 Å². The molecular formula is C12H14BFN2O3. The molecule has 1 aromatic carbocycles. The Morgan fingerprint density at radius 2 is 1.68 bits per heavy atom. The summed E-state index contributed by atoms with van der Waals surface area (Å²) in [6, 6.07) is 3.01. The lowest BCUT2D eigenvalue weighted by Gasteiger charge is -2.32. The van der Waals surface area contributed by atoms with Crippen LogP contribution in [0.2, 0.25) is 0 Å². The first-order valence-corrected chi connectivity index (χ1v) is 6.07. The third-order valence-electron chi connectivity index (χ3n) is 3.86. The zero-order valence-electron chi connectivity index (χ0n) is 11.2. The highest BCUT2D eigenvalue weighted by Crippen LogP contribution is 2.36. The lowest BCUT2D eigenvalue weighted by atomic mass is 9.79. The summed E-state index contributed by atoms with van der Waals surface area (Å²) in [5, 5.41) is 7.15. The Kier molecular flexibility index (Phi) is 2.49. The van der Waals surface area contributed by atoms with Gasteiger partial charge >= 0.3 is 7.12 Å². The second-order valence-corrected chi connectivity index (χ2v) is 5.72. The zero-order chi connectivity index (χ0) is 13.8. The van der Waals surface area contributed by atoms with Gasteiger partial charge in [0.05, 0.1) is 11.2 Å². The number of aromatic nitrogens is 2. The van der Waals surface area contributed by atoms with Crippen LogP contribution in [0, 0.1) is 5.82 Å². The number of rotatable bonds is 1. The molecule has 0 saturated carbocycles. The highest BCUT2D eigenvalue weighted by molar-refractivity contribution is 6.62. The van der Waals surface area contributed by atoms with Gasteiger partial charge in [-0.3, -0.25) is 0 Å². The normalized spacial score (nSPS) is 21.2. The maximum Gasteiger partial charge on any atom is 0.495 e. The molecule has 3 rings (SSSR count). The summed E-state index contributed by atoms with van der Waals surface area (Å²) in [6.07, 6.45) is 0. The molecule has 0 radical (unpaired) electrons. The van der Waals surface area contributed by atoms with Crippen LogP contribution in [0.25, 0.3) is 11.0 Å². The van der Waals surface area contributed by atoms with Crippen molar-refractivity contribution in [1.82, 2.24) is 10.3 Å². The van der Waals surface area contributed by atoms with E-state index in [-0.39, 0.29) is 5.52 Å². The monoisotopic (exact) mass is 264 g/mol. The predicted molar refractivity (Wildman–Crippen MR) is 67.5 cm³/mol. The number of hydrogen-bond donors (Lipinski definition) is 0. The topological polar surface area (TPSA) is 57.4 Å². The largest absolute Gasteiger partial charge is 0.495 e. The first-order chi connectivity index (χ1) is 8.80. The lowest BCUT2D eigenvalue weighted by molar-refractivity contribution is 0.00578. The third-order valence-corrected chi connectivity index (χ3v) is 3.86. The van der Waals surface area contributed by atoms with Crippen molar-refractivity contribution in [3.63, 3.8) is 0 Å². The van der Waals surface area contributed by atoms with E-state index in [0.717, 1.165) is 0 Å². The molecule has 1 aliphatic heterocycles. The van der Waals surface area contributed by atoms with Crippen molar-refractivity contribution >= 4 is 23.6 Å². The molecule has 0 aliphatic carbocycles. The van der Waals surface area contributed by atoms with E-state index >= 15 is 0 Å². The number of hydrogen-bond acceptors (Lipinski definition) is 5. The van der Waals surface area contributed by atoms with Gasteiger partial charge in [-0.05, 0) is 55.6 Å². The summed E-state index contributed by atoms with van der Waals surface area (Å²) < 4.78 is 30.1. The van der Waals surface area contributed by atoms with E-state index in [0.29, 0.717) is 11.0 Å². The Morgan fingerprint density at radius 3 is 2.32 bits per heavy atom. The van der Waals surface area contributed by atoms with Crippen LogP contribution in [0.1, 0.15) is 27.7 Å². The molecule has 0 bridgehead atoms. The van der Waals surface area contributed by atoms with Crippen molar-refractivity contribution in [2.24, 2.45) is 0 Å². The molecule has 1 saturated heterocycles. The second kappa shape index (κ2) is 3.77. The Bertz CT molecular complexity index is 625. The molecular weight excluding hydrogens is 250 g/mol. The molecule has 0 amide bonds. The average Bonchev–Trinajstić information content (AvgIpc) is 2.82. The average molecular weight is 264 g/mol. The summed E-state index contributed by atoms with van der Waals surface area (Å²) in [6.45, 7) is 7.78. The van der Waals surface area contributed by atoms with Crippen LogP contribution in [-0.2, 0) is 9.31 Å². The molecule has 7 heteroatoms. The van der Waals surface area contributed by atoms with E-state index in [1.54, 1.807) is 6.07 Å². The minimum Gasteiger partial charge on any atom is -0.399 e. The van der Waals surface area contributed by atoms with Gasteiger partial charge in [0.25, 0.3) is 0 Å². The van der Waals surface area contributed by atoms with Crippen molar-refractivity contribution in [3.8, 4) is 0 Å². The molecule has 19 heavy (non-hydrogen) atoms. The fourth-order valence-corrected chi connectivity index (χ4v) is 1.99. The molecule has 0 spiro atoms. The van der Waals surface area contributed by atoms with Crippen molar-refractivity contribution < 1.29 is 18.3 Å². The van der Waals surface area contributed by atoms with Crippen LogP contribution >= 0.6 is 0 Å². The molecule has 100 valence electrons. The van der Waals surface area contributed by atoms with Gasteiger partial charge in [-0.2, -0.15) is 0 Å². The van der Waals surface area contributed by atoms with Gasteiger partial charge in [0.2, 0.25) is 0 Å². The van der Waals surface area contributed by atoms with Crippen molar-refractivity contribution in [1.29, 1.82) is 0 Å².